The van der Waals surface area contributed by atoms with Gasteiger partial charge >= 0.3 is 0 Å². The summed E-state index contributed by atoms with van der Waals surface area (Å²) in [6, 6.07) is 17.7. The molecule has 0 fully saturated rings. The number of nitrogens with one attached hydrogen (secondary N) is 1. The fourth-order valence-electron chi connectivity index (χ4n) is 2.17. The number of carbonyl (C=O) groups excluding carboxylic acids is 1. The third-order valence-electron chi connectivity index (χ3n) is 3.46. The molecule has 1 atom stereocenters. The van der Waals surface area contributed by atoms with E-state index in [-0.39, 0.29) is 5.91 Å². The molecule has 0 radical (unpaired) electrons. The third kappa shape index (κ3) is 4.43. The lowest BCUT2D eigenvalue weighted by molar-refractivity contribution is 0.0951. The van der Waals surface area contributed by atoms with E-state index in [4.69, 9.17) is 4.74 Å². The van der Waals surface area contributed by atoms with Crippen molar-refractivity contribution >= 4 is 5.91 Å². The Balaban J connectivity index is 1.89. The summed E-state index contributed by atoms with van der Waals surface area (Å²) in [5.41, 5.74) is 2.97. The number of benzene rings is 2. The van der Waals surface area contributed by atoms with Crippen LogP contribution in [0.2, 0.25) is 0 Å². The molecule has 1 unspecified atom stereocenters. The lowest BCUT2D eigenvalue weighted by Gasteiger charge is -2.13. The van der Waals surface area contributed by atoms with Gasteiger partial charge in [-0.05, 0) is 29.2 Å². The van der Waals surface area contributed by atoms with Gasteiger partial charge < -0.3 is 10.1 Å². The molecule has 2 rings (SSSR count). The summed E-state index contributed by atoms with van der Waals surface area (Å²) in [5.74, 6) is 0.254. The van der Waals surface area contributed by atoms with Gasteiger partial charge in [-0.15, -0.1) is 0 Å². The van der Waals surface area contributed by atoms with Crippen LogP contribution in [0, 0.1) is 0 Å². The second kappa shape index (κ2) is 7.60. The van der Waals surface area contributed by atoms with Crippen LogP contribution in [0.5, 0.6) is 0 Å². The number of methoxy groups -OCH3 is 1. The summed E-state index contributed by atoms with van der Waals surface area (Å²) in [5, 5.41) is 2.98. The van der Waals surface area contributed by atoms with Crippen molar-refractivity contribution in [3.63, 3.8) is 0 Å². The molecule has 0 aliphatic heterocycles. The minimum atomic E-state index is -0.0400. The van der Waals surface area contributed by atoms with Gasteiger partial charge in [0.1, 0.15) is 0 Å². The van der Waals surface area contributed by atoms with Crippen molar-refractivity contribution in [1.82, 2.24) is 5.32 Å². The molecule has 3 heteroatoms. The largest absolute Gasteiger partial charge is 0.380 e. The fraction of sp³-hybridized carbons (Fsp3) is 0.278. The van der Waals surface area contributed by atoms with E-state index >= 15 is 0 Å². The average molecular weight is 283 g/mol. The van der Waals surface area contributed by atoms with Crippen LogP contribution in [-0.4, -0.2) is 19.6 Å². The Hall–Kier alpha value is -2.13. The number of carbonyl (C=O) groups is 1. The van der Waals surface area contributed by atoms with Crippen molar-refractivity contribution in [3.05, 3.63) is 71.3 Å². The quantitative estimate of drug-likeness (QED) is 0.882. The smallest absolute Gasteiger partial charge is 0.251 e. The van der Waals surface area contributed by atoms with Crippen LogP contribution in [-0.2, 0) is 11.3 Å². The first-order chi connectivity index (χ1) is 10.2. The number of amides is 1. The Kier molecular flexibility index (Phi) is 5.52. The van der Waals surface area contributed by atoms with Crippen molar-refractivity contribution in [1.29, 1.82) is 0 Å². The van der Waals surface area contributed by atoms with Crippen molar-refractivity contribution in [2.45, 2.75) is 19.4 Å². The van der Waals surface area contributed by atoms with E-state index in [1.54, 1.807) is 7.11 Å². The Morgan fingerprint density at radius 1 is 1.10 bits per heavy atom. The molecule has 0 aliphatic rings. The number of hydrogen-bond donors (Lipinski definition) is 1. The zero-order valence-corrected chi connectivity index (χ0v) is 12.5. The van der Waals surface area contributed by atoms with Gasteiger partial charge in [0.2, 0.25) is 0 Å². The monoisotopic (exact) mass is 283 g/mol. The molecule has 0 saturated carbocycles. The summed E-state index contributed by atoms with van der Waals surface area (Å²) in [4.78, 5) is 12.1. The van der Waals surface area contributed by atoms with Gasteiger partial charge in [-0.3, -0.25) is 4.79 Å². The van der Waals surface area contributed by atoms with E-state index in [0.29, 0.717) is 24.6 Å². The maximum Gasteiger partial charge on any atom is 0.251 e. The molecule has 21 heavy (non-hydrogen) atoms. The second-order valence-corrected chi connectivity index (χ2v) is 5.15. The van der Waals surface area contributed by atoms with Gasteiger partial charge in [0.25, 0.3) is 5.91 Å². The van der Waals surface area contributed by atoms with Crippen molar-refractivity contribution < 1.29 is 9.53 Å². The van der Waals surface area contributed by atoms with E-state index in [0.717, 1.165) is 5.56 Å². The van der Waals surface area contributed by atoms with E-state index in [1.165, 1.54) is 5.56 Å². The predicted octanol–water partition coefficient (Wildman–Crippen LogP) is 3.37. The summed E-state index contributed by atoms with van der Waals surface area (Å²) in [6.45, 7) is 3.30. The minimum absolute atomic E-state index is 0.0400. The normalized spacial score (nSPS) is 11.9. The topological polar surface area (TPSA) is 38.3 Å². The molecule has 0 heterocycles. The van der Waals surface area contributed by atoms with Gasteiger partial charge in [0.15, 0.2) is 0 Å². The summed E-state index contributed by atoms with van der Waals surface area (Å²) >= 11 is 0. The highest BCUT2D eigenvalue weighted by atomic mass is 16.5. The maximum atomic E-state index is 12.1. The third-order valence-corrected chi connectivity index (χ3v) is 3.46. The SMILES string of the molecule is COCc1ccc(C(=O)NCC(C)c2ccccc2)cc1. The van der Waals surface area contributed by atoms with E-state index < -0.39 is 0 Å². The van der Waals surface area contributed by atoms with Gasteiger partial charge in [-0.1, -0.05) is 49.4 Å². The molecule has 110 valence electrons. The number of hydrogen-bond acceptors (Lipinski definition) is 2. The molecule has 0 bridgehead atoms. The number of ether oxygens (including phenoxy) is 1. The highest BCUT2D eigenvalue weighted by molar-refractivity contribution is 5.94. The van der Waals surface area contributed by atoms with Crippen LogP contribution >= 0.6 is 0 Å². The zero-order valence-electron chi connectivity index (χ0n) is 12.5. The molecule has 0 aliphatic carbocycles. The zero-order chi connectivity index (χ0) is 15.1. The Morgan fingerprint density at radius 2 is 1.76 bits per heavy atom. The second-order valence-electron chi connectivity index (χ2n) is 5.15. The summed E-state index contributed by atoms with van der Waals surface area (Å²) in [6.07, 6.45) is 0. The fourth-order valence-corrected chi connectivity index (χ4v) is 2.17. The van der Waals surface area contributed by atoms with Crippen LogP contribution in [0.15, 0.2) is 54.6 Å². The molecule has 3 nitrogen and oxygen atoms in total. The van der Waals surface area contributed by atoms with Crippen molar-refractivity contribution in [2.75, 3.05) is 13.7 Å². The molecular weight excluding hydrogens is 262 g/mol. The van der Waals surface area contributed by atoms with Gasteiger partial charge in [0, 0.05) is 19.2 Å². The maximum absolute atomic E-state index is 12.1. The standard InChI is InChI=1S/C18H21NO2/c1-14(16-6-4-3-5-7-16)12-19-18(20)17-10-8-15(9-11-17)13-21-2/h3-11,14H,12-13H2,1-2H3,(H,19,20). The molecule has 1 N–H and O–H groups in total. The summed E-state index contributed by atoms with van der Waals surface area (Å²) < 4.78 is 5.06. The molecule has 2 aromatic rings. The van der Waals surface area contributed by atoms with Gasteiger partial charge in [0.05, 0.1) is 6.61 Å². The Morgan fingerprint density at radius 3 is 2.38 bits per heavy atom. The molecule has 0 spiro atoms. The van der Waals surface area contributed by atoms with Gasteiger partial charge in [-0.2, -0.15) is 0 Å². The van der Waals surface area contributed by atoms with Crippen LogP contribution in [0.3, 0.4) is 0 Å². The highest BCUT2D eigenvalue weighted by Crippen LogP contribution is 2.13. The average Bonchev–Trinajstić information content (AvgIpc) is 2.54. The van der Waals surface area contributed by atoms with Gasteiger partial charge in [-0.25, -0.2) is 0 Å². The first-order valence-electron chi connectivity index (χ1n) is 7.11. The number of rotatable bonds is 6. The molecule has 1 amide bonds. The first-order valence-corrected chi connectivity index (χ1v) is 7.11. The lowest BCUT2D eigenvalue weighted by Crippen LogP contribution is -2.27. The van der Waals surface area contributed by atoms with Crippen LogP contribution < -0.4 is 5.32 Å². The summed E-state index contributed by atoms with van der Waals surface area (Å²) in [7, 11) is 1.66. The van der Waals surface area contributed by atoms with E-state index in [1.807, 2.05) is 42.5 Å². The van der Waals surface area contributed by atoms with Crippen molar-refractivity contribution in [2.24, 2.45) is 0 Å². The van der Waals surface area contributed by atoms with Crippen molar-refractivity contribution in [3.8, 4) is 0 Å². The Bertz CT molecular complexity index is 564. The van der Waals surface area contributed by atoms with Crippen LogP contribution in [0.25, 0.3) is 0 Å². The Labute approximate surface area is 126 Å². The lowest BCUT2D eigenvalue weighted by atomic mass is 10.0. The van der Waals surface area contributed by atoms with Crippen LogP contribution in [0.1, 0.15) is 34.3 Å². The molecule has 0 aromatic heterocycles. The molecule has 0 saturated heterocycles. The molecular formula is C18H21NO2. The first kappa shape index (κ1) is 15.3. The van der Waals surface area contributed by atoms with Crippen LogP contribution in [0.4, 0.5) is 0 Å². The van der Waals surface area contributed by atoms with E-state index in [2.05, 4.69) is 24.4 Å². The van der Waals surface area contributed by atoms with E-state index in [9.17, 15) is 4.79 Å². The predicted molar refractivity (Wildman–Crippen MR) is 84.3 cm³/mol. The highest BCUT2D eigenvalue weighted by Gasteiger charge is 2.09. The molecule has 2 aromatic carbocycles. The minimum Gasteiger partial charge on any atom is -0.380 e.